The number of hydrogen-bond acceptors (Lipinski definition) is 4. The quantitative estimate of drug-likeness (QED) is 0.290. The first-order valence-corrected chi connectivity index (χ1v) is 17.0. The summed E-state index contributed by atoms with van der Waals surface area (Å²) < 4.78 is 0. The Bertz CT molecular complexity index is 1110. The summed E-state index contributed by atoms with van der Waals surface area (Å²) in [5.41, 5.74) is 3.93. The molecule has 2 N–H and O–H groups in total. The molecule has 240 valence electrons. The van der Waals surface area contributed by atoms with Crippen LogP contribution in [0.2, 0.25) is 0 Å². The standard InChI is InChI=1S/C36H54N6O2/c1-39(2)31-20-16-29(17-21-31)37-35(43)41(33-12-5-6-13-33)25-27-10-9-11-28(24-27)26-42(34-14-7-8-15-34)36(44)38-30-18-22-32(23-19-30)40(3)4/h16-23,27-28,33-34H,5-15,24-26H2,1-4H3,(H,37,43)(H,38,44)/t27-,28-/m1/s1. The highest BCUT2D eigenvalue weighted by atomic mass is 16.2. The summed E-state index contributed by atoms with van der Waals surface area (Å²) in [6.07, 6.45) is 13.7. The maximum absolute atomic E-state index is 13.7. The van der Waals surface area contributed by atoms with Crippen LogP contribution in [-0.2, 0) is 0 Å². The van der Waals surface area contributed by atoms with E-state index in [9.17, 15) is 9.59 Å². The van der Waals surface area contributed by atoms with Gasteiger partial charge in [-0.2, -0.15) is 0 Å². The van der Waals surface area contributed by atoms with Crippen LogP contribution >= 0.6 is 0 Å². The van der Waals surface area contributed by atoms with Gasteiger partial charge in [0.05, 0.1) is 0 Å². The number of carbonyl (C=O) groups is 2. The van der Waals surface area contributed by atoms with Crippen LogP contribution in [0.15, 0.2) is 48.5 Å². The minimum atomic E-state index is 0.0314. The maximum Gasteiger partial charge on any atom is 0.322 e. The van der Waals surface area contributed by atoms with Crippen molar-refractivity contribution in [3.05, 3.63) is 48.5 Å². The predicted molar refractivity (Wildman–Crippen MR) is 183 cm³/mol. The number of nitrogens with zero attached hydrogens (tertiary/aromatic N) is 4. The van der Waals surface area contributed by atoms with Crippen molar-refractivity contribution in [1.29, 1.82) is 0 Å². The number of amides is 4. The van der Waals surface area contributed by atoms with Gasteiger partial charge in [0.1, 0.15) is 0 Å². The van der Waals surface area contributed by atoms with Crippen molar-refractivity contribution >= 4 is 34.8 Å². The molecule has 0 radical (unpaired) electrons. The predicted octanol–water partition coefficient (Wildman–Crippen LogP) is 7.88. The Balaban J connectivity index is 1.22. The summed E-state index contributed by atoms with van der Waals surface area (Å²) in [4.78, 5) is 35.8. The summed E-state index contributed by atoms with van der Waals surface area (Å²) in [7, 11) is 8.10. The van der Waals surface area contributed by atoms with Crippen LogP contribution in [0.5, 0.6) is 0 Å². The van der Waals surface area contributed by atoms with Gasteiger partial charge in [-0.05, 0) is 105 Å². The Morgan fingerprint density at radius 3 is 1.27 bits per heavy atom. The molecule has 0 aromatic heterocycles. The highest BCUT2D eigenvalue weighted by molar-refractivity contribution is 5.90. The second kappa shape index (κ2) is 15.0. The third-order valence-corrected chi connectivity index (χ3v) is 10.1. The molecule has 8 nitrogen and oxygen atoms in total. The number of urea groups is 2. The first-order valence-electron chi connectivity index (χ1n) is 17.0. The molecule has 0 unspecified atom stereocenters. The molecule has 5 rings (SSSR count). The summed E-state index contributed by atoms with van der Waals surface area (Å²) in [6, 6.07) is 16.9. The summed E-state index contributed by atoms with van der Waals surface area (Å²) in [5.74, 6) is 0.923. The molecular weight excluding hydrogens is 548 g/mol. The zero-order valence-corrected chi connectivity index (χ0v) is 27.4. The number of nitrogens with one attached hydrogen (secondary N) is 2. The fraction of sp³-hybridized carbons (Fsp3) is 0.611. The van der Waals surface area contributed by atoms with E-state index in [2.05, 4.69) is 30.2 Å². The molecule has 2 aromatic carbocycles. The van der Waals surface area contributed by atoms with Gasteiger partial charge in [-0.1, -0.05) is 32.1 Å². The van der Waals surface area contributed by atoms with Gasteiger partial charge in [0.15, 0.2) is 0 Å². The average molecular weight is 603 g/mol. The van der Waals surface area contributed by atoms with E-state index >= 15 is 0 Å². The summed E-state index contributed by atoms with van der Waals surface area (Å²) in [6.45, 7) is 1.60. The van der Waals surface area contributed by atoms with E-state index in [1.54, 1.807) is 0 Å². The Morgan fingerprint density at radius 2 is 0.932 bits per heavy atom. The van der Waals surface area contributed by atoms with Gasteiger partial charge in [0, 0.05) is 76.1 Å². The topological polar surface area (TPSA) is 71.2 Å². The van der Waals surface area contributed by atoms with Gasteiger partial charge in [0.25, 0.3) is 0 Å². The fourth-order valence-corrected chi connectivity index (χ4v) is 7.59. The monoisotopic (exact) mass is 602 g/mol. The first-order chi connectivity index (χ1) is 21.3. The van der Waals surface area contributed by atoms with E-state index in [-0.39, 0.29) is 12.1 Å². The smallest absolute Gasteiger partial charge is 0.322 e. The van der Waals surface area contributed by atoms with Crippen molar-refractivity contribution in [2.45, 2.75) is 89.1 Å². The number of rotatable bonds is 10. The van der Waals surface area contributed by atoms with E-state index in [0.717, 1.165) is 87.2 Å². The minimum absolute atomic E-state index is 0.0314. The number of carbonyl (C=O) groups excluding carboxylic acids is 2. The Morgan fingerprint density at radius 1 is 0.568 bits per heavy atom. The molecule has 0 saturated heterocycles. The van der Waals surface area contributed by atoms with Gasteiger partial charge < -0.3 is 30.2 Å². The fourth-order valence-electron chi connectivity index (χ4n) is 7.59. The molecule has 0 heterocycles. The lowest BCUT2D eigenvalue weighted by atomic mass is 9.80. The van der Waals surface area contributed by atoms with Crippen molar-refractivity contribution in [3.63, 3.8) is 0 Å². The molecule has 4 amide bonds. The normalized spacial score (nSPS) is 20.7. The van der Waals surface area contributed by atoms with Crippen molar-refractivity contribution in [2.75, 3.05) is 61.7 Å². The van der Waals surface area contributed by atoms with Crippen LogP contribution in [0.4, 0.5) is 32.3 Å². The third kappa shape index (κ3) is 8.39. The van der Waals surface area contributed by atoms with Crippen LogP contribution in [0, 0.1) is 11.8 Å². The number of hydrogen-bond donors (Lipinski definition) is 2. The molecular formula is C36H54N6O2. The largest absolute Gasteiger partial charge is 0.378 e. The Hall–Kier alpha value is -3.42. The van der Waals surface area contributed by atoms with Crippen molar-refractivity contribution < 1.29 is 9.59 Å². The van der Waals surface area contributed by atoms with Gasteiger partial charge in [0.2, 0.25) is 0 Å². The lowest BCUT2D eigenvalue weighted by Crippen LogP contribution is -2.47. The second-order valence-corrected chi connectivity index (χ2v) is 13.8. The lowest BCUT2D eigenvalue weighted by Gasteiger charge is -2.39. The van der Waals surface area contributed by atoms with Gasteiger partial charge in [-0.3, -0.25) is 0 Å². The zero-order valence-electron chi connectivity index (χ0n) is 27.4. The molecule has 3 aliphatic carbocycles. The van der Waals surface area contributed by atoms with E-state index < -0.39 is 0 Å². The molecule has 2 aromatic rings. The van der Waals surface area contributed by atoms with Crippen molar-refractivity contribution in [3.8, 4) is 0 Å². The Labute approximate surface area is 265 Å². The SMILES string of the molecule is CN(C)c1ccc(NC(=O)N(C[C@@H]2CCC[C@@H](CN(C(=O)Nc3ccc(N(C)C)cc3)C3CCCC3)C2)C2CCCC2)cc1. The molecule has 0 aliphatic heterocycles. The molecule has 2 atom stereocenters. The van der Waals surface area contributed by atoms with Crippen molar-refractivity contribution in [1.82, 2.24) is 9.80 Å². The average Bonchev–Trinajstić information content (AvgIpc) is 3.75. The van der Waals surface area contributed by atoms with E-state index in [1.807, 2.05) is 76.7 Å². The maximum atomic E-state index is 13.7. The highest BCUT2D eigenvalue weighted by Crippen LogP contribution is 2.35. The van der Waals surface area contributed by atoms with Gasteiger partial charge in [-0.15, -0.1) is 0 Å². The van der Waals surface area contributed by atoms with E-state index in [1.165, 1.54) is 25.7 Å². The third-order valence-electron chi connectivity index (χ3n) is 10.1. The summed E-state index contributed by atoms with van der Waals surface area (Å²) >= 11 is 0. The molecule has 44 heavy (non-hydrogen) atoms. The molecule has 3 saturated carbocycles. The van der Waals surface area contributed by atoms with Crippen LogP contribution in [-0.4, -0.2) is 75.2 Å². The summed E-state index contributed by atoms with van der Waals surface area (Å²) in [5, 5.41) is 6.41. The van der Waals surface area contributed by atoms with Gasteiger partial charge >= 0.3 is 12.1 Å². The van der Waals surface area contributed by atoms with Crippen LogP contribution in [0.25, 0.3) is 0 Å². The Kier molecular flexibility index (Phi) is 10.9. The highest BCUT2D eigenvalue weighted by Gasteiger charge is 2.34. The molecule has 3 fully saturated rings. The second-order valence-electron chi connectivity index (χ2n) is 13.8. The lowest BCUT2D eigenvalue weighted by molar-refractivity contribution is 0.128. The van der Waals surface area contributed by atoms with Crippen LogP contribution in [0.3, 0.4) is 0 Å². The molecule has 3 aliphatic rings. The number of anilines is 4. The van der Waals surface area contributed by atoms with Gasteiger partial charge in [-0.25, -0.2) is 9.59 Å². The molecule has 8 heteroatoms. The minimum Gasteiger partial charge on any atom is -0.378 e. The number of benzene rings is 2. The molecule has 0 spiro atoms. The van der Waals surface area contributed by atoms with E-state index in [4.69, 9.17) is 0 Å². The van der Waals surface area contributed by atoms with Crippen LogP contribution in [0.1, 0.15) is 77.0 Å². The van der Waals surface area contributed by atoms with Crippen LogP contribution < -0.4 is 20.4 Å². The van der Waals surface area contributed by atoms with Crippen molar-refractivity contribution in [2.24, 2.45) is 11.8 Å². The zero-order chi connectivity index (χ0) is 31.1. The first kappa shape index (κ1) is 32.0. The van der Waals surface area contributed by atoms with E-state index in [0.29, 0.717) is 23.9 Å². The molecule has 0 bridgehead atoms.